The maximum atomic E-state index is 15.1. The Morgan fingerprint density at radius 2 is 1.79 bits per heavy atom. The lowest BCUT2D eigenvalue weighted by Crippen LogP contribution is -2.45. The van der Waals surface area contributed by atoms with E-state index in [4.69, 9.17) is 27.9 Å². The smallest absolute Gasteiger partial charge is 0.177 e. The van der Waals surface area contributed by atoms with E-state index in [1.807, 2.05) is 11.0 Å². The Balaban J connectivity index is 1.87. The van der Waals surface area contributed by atoms with Gasteiger partial charge in [0.2, 0.25) is 0 Å². The van der Waals surface area contributed by atoms with E-state index in [9.17, 15) is 5.11 Å². The van der Waals surface area contributed by atoms with Crippen LogP contribution in [0.4, 0.5) is 4.39 Å². The monoisotopic (exact) mass is 433 g/mol. The number of aliphatic hydroxyl groups excluding tert-OH is 1. The van der Waals surface area contributed by atoms with Crippen LogP contribution >= 0.6 is 23.2 Å². The van der Waals surface area contributed by atoms with Crippen molar-refractivity contribution < 1.29 is 14.2 Å². The summed E-state index contributed by atoms with van der Waals surface area (Å²) in [6.07, 6.45) is 3.04. The molecule has 0 bridgehead atoms. The highest BCUT2D eigenvalue weighted by atomic mass is 35.5. The summed E-state index contributed by atoms with van der Waals surface area (Å²) in [5.74, 6) is 0.142. The normalized spacial score (nSPS) is 18.8. The standard InChI is InChI=1S/C21H18Cl2FN3O2/c22-16-6-4-15(5-7-16)21(29-9-8-28)20-14(2-1-3-18(20)24)12-27(21)13-19-25-10-17(23)11-26-19/h1-7,10-11,28H,8-9,12-13H2. The van der Waals surface area contributed by atoms with Gasteiger partial charge in [0.25, 0.3) is 0 Å². The lowest BCUT2D eigenvalue weighted by atomic mass is 9.93. The molecule has 8 heteroatoms. The number of hydrogen-bond donors (Lipinski definition) is 1. The first kappa shape index (κ1) is 20.2. The number of nitrogens with zero attached hydrogens (tertiary/aromatic N) is 3. The van der Waals surface area contributed by atoms with Crippen molar-refractivity contribution >= 4 is 23.2 Å². The minimum atomic E-state index is -1.25. The fourth-order valence-electron chi connectivity index (χ4n) is 3.76. The van der Waals surface area contributed by atoms with Crippen molar-refractivity contribution in [3.63, 3.8) is 0 Å². The molecule has 0 saturated carbocycles. The summed E-state index contributed by atoms with van der Waals surface area (Å²) in [6, 6.07) is 12.0. The van der Waals surface area contributed by atoms with Gasteiger partial charge in [-0.05, 0) is 23.8 Å². The van der Waals surface area contributed by atoms with Crippen LogP contribution in [0.2, 0.25) is 10.0 Å². The minimum absolute atomic E-state index is 0.0222. The Bertz CT molecular complexity index is 1000. The van der Waals surface area contributed by atoms with Crippen LogP contribution in [0.3, 0.4) is 0 Å². The van der Waals surface area contributed by atoms with Gasteiger partial charge in [0.1, 0.15) is 11.6 Å². The third kappa shape index (κ3) is 3.74. The average Bonchev–Trinajstić information content (AvgIpc) is 3.04. The van der Waals surface area contributed by atoms with Gasteiger partial charge in [-0.3, -0.25) is 4.90 Å². The van der Waals surface area contributed by atoms with Crippen molar-refractivity contribution in [3.8, 4) is 0 Å². The summed E-state index contributed by atoms with van der Waals surface area (Å²) in [4.78, 5) is 10.5. The largest absolute Gasteiger partial charge is 0.394 e. The van der Waals surface area contributed by atoms with Gasteiger partial charge in [0.05, 0.1) is 24.8 Å². The first-order valence-corrected chi connectivity index (χ1v) is 9.80. The van der Waals surface area contributed by atoms with E-state index < -0.39 is 5.72 Å². The summed E-state index contributed by atoms with van der Waals surface area (Å²) < 4.78 is 21.3. The Labute approximate surface area is 177 Å². The van der Waals surface area contributed by atoms with Gasteiger partial charge >= 0.3 is 0 Å². The van der Waals surface area contributed by atoms with Crippen molar-refractivity contribution in [2.24, 2.45) is 0 Å². The molecule has 150 valence electrons. The summed E-state index contributed by atoms with van der Waals surface area (Å²) in [7, 11) is 0. The zero-order valence-electron chi connectivity index (χ0n) is 15.4. The molecule has 1 aromatic heterocycles. The maximum absolute atomic E-state index is 15.1. The molecule has 0 spiro atoms. The van der Waals surface area contributed by atoms with E-state index in [0.717, 1.165) is 5.56 Å². The van der Waals surface area contributed by atoms with Gasteiger partial charge in [0.15, 0.2) is 5.72 Å². The molecule has 0 aliphatic carbocycles. The van der Waals surface area contributed by atoms with Gasteiger partial charge in [0, 0.05) is 35.1 Å². The van der Waals surface area contributed by atoms with Crippen molar-refractivity contribution in [2.75, 3.05) is 13.2 Å². The maximum Gasteiger partial charge on any atom is 0.177 e. The Morgan fingerprint density at radius 1 is 1.07 bits per heavy atom. The van der Waals surface area contributed by atoms with Crippen LogP contribution in [0.1, 0.15) is 22.5 Å². The molecule has 1 aliphatic heterocycles. The van der Waals surface area contributed by atoms with E-state index in [0.29, 0.717) is 40.1 Å². The van der Waals surface area contributed by atoms with Crippen LogP contribution < -0.4 is 0 Å². The molecule has 2 aromatic carbocycles. The van der Waals surface area contributed by atoms with E-state index in [1.165, 1.54) is 18.5 Å². The molecule has 1 aliphatic rings. The third-order valence-corrected chi connectivity index (χ3v) is 5.34. The van der Waals surface area contributed by atoms with Gasteiger partial charge in [-0.1, -0.05) is 47.5 Å². The fraction of sp³-hybridized carbons (Fsp3) is 0.238. The number of hydrogen-bond acceptors (Lipinski definition) is 5. The van der Waals surface area contributed by atoms with Crippen LogP contribution in [0.5, 0.6) is 0 Å². The summed E-state index contributed by atoms with van der Waals surface area (Å²) >= 11 is 12.0. The van der Waals surface area contributed by atoms with E-state index >= 15 is 4.39 Å². The SMILES string of the molecule is OCCOC1(c2ccc(Cl)cc2)c2c(F)cccc2CN1Cc1ncc(Cl)cn1. The molecule has 29 heavy (non-hydrogen) atoms. The molecule has 1 atom stereocenters. The summed E-state index contributed by atoms with van der Waals surface area (Å²) in [5, 5.41) is 10.5. The van der Waals surface area contributed by atoms with Gasteiger partial charge in [-0.25, -0.2) is 14.4 Å². The van der Waals surface area contributed by atoms with Gasteiger partial charge in [-0.15, -0.1) is 0 Å². The second kappa shape index (κ2) is 8.34. The zero-order chi connectivity index (χ0) is 20.4. The Hall–Kier alpha value is -2.09. The molecule has 0 fully saturated rings. The van der Waals surface area contributed by atoms with Crippen molar-refractivity contribution in [1.82, 2.24) is 14.9 Å². The van der Waals surface area contributed by atoms with E-state index in [2.05, 4.69) is 9.97 Å². The highest BCUT2D eigenvalue weighted by molar-refractivity contribution is 6.30. The molecule has 0 saturated heterocycles. The Morgan fingerprint density at radius 3 is 2.48 bits per heavy atom. The third-order valence-electron chi connectivity index (χ3n) is 4.89. The number of aliphatic hydroxyl groups is 1. The predicted octanol–water partition coefficient (Wildman–Crippen LogP) is 4.15. The highest BCUT2D eigenvalue weighted by Gasteiger charge is 2.50. The highest BCUT2D eigenvalue weighted by Crippen LogP contribution is 2.47. The number of ether oxygens (including phenoxy) is 1. The topological polar surface area (TPSA) is 58.5 Å². The summed E-state index contributed by atoms with van der Waals surface area (Å²) in [5.41, 5.74) is 0.668. The lowest BCUT2D eigenvalue weighted by Gasteiger charge is -2.39. The number of fused-ring (bicyclic) bond motifs is 1. The number of halogens is 3. The number of benzene rings is 2. The lowest BCUT2D eigenvalue weighted by molar-refractivity contribution is -0.139. The molecular weight excluding hydrogens is 416 g/mol. The molecule has 5 nitrogen and oxygen atoms in total. The molecule has 2 heterocycles. The zero-order valence-corrected chi connectivity index (χ0v) is 16.9. The van der Waals surface area contributed by atoms with Crippen molar-refractivity contribution in [1.29, 1.82) is 0 Å². The Kier molecular flexibility index (Phi) is 5.81. The predicted molar refractivity (Wildman–Crippen MR) is 108 cm³/mol. The molecule has 3 aromatic rings. The molecule has 0 radical (unpaired) electrons. The number of rotatable bonds is 6. The molecule has 4 rings (SSSR count). The molecular formula is C21H18Cl2FN3O2. The van der Waals surface area contributed by atoms with Crippen molar-refractivity contribution in [2.45, 2.75) is 18.8 Å². The fourth-order valence-corrected chi connectivity index (χ4v) is 3.98. The average molecular weight is 434 g/mol. The first-order valence-electron chi connectivity index (χ1n) is 9.05. The van der Waals surface area contributed by atoms with Crippen LogP contribution in [-0.2, 0) is 23.6 Å². The summed E-state index contributed by atoms with van der Waals surface area (Å²) in [6.45, 7) is 0.533. The first-order chi connectivity index (χ1) is 14.0. The van der Waals surface area contributed by atoms with Crippen LogP contribution in [0.25, 0.3) is 0 Å². The number of aromatic nitrogens is 2. The van der Waals surface area contributed by atoms with Crippen LogP contribution in [0.15, 0.2) is 54.9 Å². The molecule has 0 amide bonds. The second-order valence-electron chi connectivity index (χ2n) is 6.67. The van der Waals surface area contributed by atoms with E-state index in [-0.39, 0.29) is 19.0 Å². The molecule has 1 N–H and O–H groups in total. The van der Waals surface area contributed by atoms with Crippen LogP contribution in [-0.4, -0.2) is 33.2 Å². The van der Waals surface area contributed by atoms with Gasteiger partial charge < -0.3 is 9.84 Å². The molecule has 1 unspecified atom stereocenters. The second-order valence-corrected chi connectivity index (χ2v) is 7.54. The quantitative estimate of drug-likeness (QED) is 0.632. The minimum Gasteiger partial charge on any atom is -0.394 e. The van der Waals surface area contributed by atoms with Crippen LogP contribution in [0, 0.1) is 5.82 Å². The van der Waals surface area contributed by atoms with E-state index in [1.54, 1.807) is 30.3 Å². The van der Waals surface area contributed by atoms with Crippen molar-refractivity contribution in [3.05, 3.63) is 93.2 Å². The van der Waals surface area contributed by atoms with Gasteiger partial charge in [-0.2, -0.15) is 0 Å².